The van der Waals surface area contributed by atoms with Crippen LogP contribution < -0.4 is 4.72 Å². The molecule has 104 valence electrons. The van der Waals surface area contributed by atoms with Crippen LogP contribution in [-0.2, 0) is 16.6 Å². The first-order valence-corrected chi connectivity index (χ1v) is 7.39. The number of halogens is 2. The number of alkyl halides is 2. The smallest absolute Gasteiger partial charge is 0.210 e. The number of aryl methyl sites for hydroxylation is 1. The normalized spacial score (nSPS) is 12.2. The molecule has 10 heteroatoms. The zero-order valence-corrected chi connectivity index (χ0v) is 11.4. The van der Waals surface area contributed by atoms with Crippen LogP contribution in [0.15, 0.2) is 23.4 Å². The third kappa shape index (κ3) is 3.14. The van der Waals surface area contributed by atoms with Crippen LogP contribution in [0.2, 0.25) is 0 Å². The van der Waals surface area contributed by atoms with E-state index in [-0.39, 0.29) is 17.1 Å². The first kappa shape index (κ1) is 14.0. The fraction of sp³-hybridized carbons (Fsp3) is 0.333. The topological polar surface area (TPSA) is 76.9 Å². The maximum atomic E-state index is 12.4. The summed E-state index contributed by atoms with van der Waals surface area (Å²) in [7, 11) is -3.87. The highest BCUT2D eigenvalue weighted by Crippen LogP contribution is 2.18. The minimum absolute atomic E-state index is 0.0251. The van der Waals surface area contributed by atoms with E-state index in [1.54, 1.807) is 12.3 Å². The van der Waals surface area contributed by atoms with E-state index in [2.05, 4.69) is 14.2 Å². The molecule has 0 saturated carbocycles. The lowest BCUT2D eigenvalue weighted by molar-refractivity contribution is 0.0561. The van der Waals surface area contributed by atoms with Crippen LogP contribution in [0.25, 0.3) is 0 Å². The van der Waals surface area contributed by atoms with Crippen molar-refractivity contribution in [1.82, 2.24) is 18.9 Å². The average Bonchev–Trinajstić information content (AvgIpc) is 2.95. The van der Waals surface area contributed by atoms with Crippen LogP contribution in [0.3, 0.4) is 0 Å². The molecule has 0 aliphatic rings. The number of nitrogens with one attached hydrogen (secondary N) is 1. The molecule has 6 nitrogen and oxygen atoms in total. The average molecular weight is 308 g/mol. The van der Waals surface area contributed by atoms with Crippen molar-refractivity contribution < 1.29 is 17.2 Å². The Hall–Kier alpha value is -1.39. The Morgan fingerprint density at radius 2 is 2.26 bits per heavy atom. The molecule has 0 spiro atoms. The first-order valence-electron chi connectivity index (χ1n) is 5.13. The van der Waals surface area contributed by atoms with E-state index in [1.807, 2.05) is 0 Å². The molecule has 2 heterocycles. The molecular weight excluding hydrogens is 298 g/mol. The van der Waals surface area contributed by atoms with Gasteiger partial charge in [-0.05, 0) is 24.5 Å². The fourth-order valence-electron chi connectivity index (χ4n) is 1.41. The molecule has 0 aromatic carbocycles. The fourth-order valence-corrected chi connectivity index (χ4v) is 3.19. The molecule has 0 saturated heterocycles. The number of nitrogens with zero attached hydrogens (tertiary/aromatic N) is 3. The Kier molecular flexibility index (Phi) is 3.92. The summed E-state index contributed by atoms with van der Waals surface area (Å²) in [6.45, 7) is -1.45. The Labute approximate surface area is 112 Å². The summed E-state index contributed by atoms with van der Waals surface area (Å²) >= 11 is 1.16. The number of sulfonamides is 1. The second-order valence-electron chi connectivity index (χ2n) is 3.64. The molecule has 0 aliphatic carbocycles. The monoisotopic (exact) mass is 308 g/mol. The van der Waals surface area contributed by atoms with Crippen LogP contribution in [0.5, 0.6) is 0 Å². The molecule has 0 bridgehead atoms. The van der Waals surface area contributed by atoms with E-state index >= 15 is 0 Å². The Bertz CT molecular complexity index is 652. The van der Waals surface area contributed by atoms with E-state index in [1.165, 1.54) is 6.92 Å². The van der Waals surface area contributed by atoms with Gasteiger partial charge >= 0.3 is 6.55 Å². The maximum absolute atomic E-state index is 12.4. The summed E-state index contributed by atoms with van der Waals surface area (Å²) in [6, 6.07) is 1.67. The van der Waals surface area contributed by atoms with Gasteiger partial charge in [-0.1, -0.05) is 0 Å². The Morgan fingerprint density at radius 3 is 2.79 bits per heavy atom. The highest BCUT2D eigenvalue weighted by atomic mass is 32.2. The van der Waals surface area contributed by atoms with Gasteiger partial charge in [0.2, 0.25) is 10.0 Å². The molecular formula is C9H10F2N4O2S2. The molecule has 0 unspecified atom stereocenters. The van der Waals surface area contributed by atoms with Crippen LogP contribution in [0, 0.1) is 6.92 Å². The van der Waals surface area contributed by atoms with Crippen molar-refractivity contribution in [3.05, 3.63) is 29.0 Å². The number of aromatic nitrogens is 3. The van der Waals surface area contributed by atoms with E-state index < -0.39 is 16.6 Å². The molecule has 0 amide bonds. The SMILES string of the molecule is Cc1nn(C(F)F)cc1S(=O)(=O)NCc1ccns1. The lowest BCUT2D eigenvalue weighted by Gasteiger charge is -2.03. The van der Waals surface area contributed by atoms with Crippen LogP contribution in [-0.4, -0.2) is 22.6 Å². The zero-order chi connectivity index (χ0) is 14.0. The van der Waals surface area contributed by atoms with Gasteiger partial charge < -0.3 is 0 Å². The third-order valence-electron chi connectivity index (χ3n) is 2.29. The highest BCUT2D eigenvalue weighted by molar-refractivity contribution is 7.89. The Balaban J connectivity index is 2.19. The zero-order valence-electron chi connectivity index (χ0n) is 9.75. The van der Waals surface area contributed by atoms with Crippen molar-refractivity contribution in [2.75, 3.05) is 0 Å². The largest absolute Gasteiger partial charge is 0.333 e. The number of rotatable bonds is 5. The van der Waals surface area contributed by atoms with Crippen molar-refractivity contribution in [3.8, 4) is 0 Å². The van der Waals surface area contributed by atoms with Crippen molar-refractivity contribution >= 4 is 21.6 Å². The van der Waals surface area contributed by atoms with Crippen LogP contribution >= 0.6 is 11.5 Å². The summed E-state index contributed by atoms with van der Waals surface area (Å²) in [6.07, 6.45) is 2.36. The second kappa shape index (κ2) is 5.31. The van der Waals surface area contributed by atoms with Crippen molar-refractivity contribution in [2.24, 2.45) is 0 Å². The predicted octanol–water partition coefficient (Wildman–Crippen LogP) is 1.52. The molecule has 2 rings (SSSR count). The molecule has 0 aliphatic heterocycles. The van der Waals surface area contributed by atoms with E-state index in [0.717, 1.165) is 22.6 Å². The van der Waals surface area contributed by atoms with Gasteiger partial charge in [0.05, 0.1) is 11.9 Å². The molecule has 2 aromatic heterocycles. The minimum Gasteiger partial charge on any atom is -0.210 e. The van der Waals surface area contributed by atoms with Gasteiger partial charge in [-0.3, -0.25) is 0 Å². The molecule has 2 aromatic rings. The predicted molar refractivity (Wildman–Crippen MR) is 64.4 cm³/mol. The number of hydrogen-bond donors (Lipinski definition) is 1. The maximum Gasteiger partial charge on any atom is 0.333 e. The molecule has 0 fully saturated rings. The molecule has 19 heavy (non-hydrogen) atoms. The summed E-state index contributed by atoms with van der Waals surface area (Å²) in [4.78, 5) is 0.472. The van der Waals surface area contributed by atoms with Crippen molar-refractivity contribution in [3.63, 3.8) is 0 Å². The molecule has 0 radical (unpaired) electrons. The van der Waals surface area contributed by atoms with Gasteiger partial charge in [-0.2, -0.15) is 13.9 Å². The second-order valence-corrected chi connectivity index (χ2v) is 6.29. The Morgan fingerprint density at radius 1 is 1.53 bits per heavy atom. The van der Waals surface area contributed by atoms with Gasteiger partial charge in [-0.15, -0.1) is 0 Å². The van der Waals surface area contributed by atoms with E-state index in [0.29, 0.717) is 4.68 Å². The summed E-state index contributed by atoms with van der Waals surface area (Å²) < 4.78 is 55.3. The lowest BCUT2D eigenvalue weighted by Crippen LogP contribution is -2.23. The van der Waals surface area contributed by atoms with Crippen molar-refractivity contribution in [2.45, 2.75) is 24.9 Å². The van der Waals surface area contributed by atoms with Gasteiger partial charge in [0.1, 0.15) is 4.90 Å². The minimum atomic E-state index is -3.87. The van der Waals surface area contributed by atoms with E-state index in [9.17, 15) is 17.2 Å². The summed E-state index contributed by atoms with van der Waals surface area (Å²) in [5.41, 5.74) is 0.0251. The van der Waals surface area contributed by atoms with Gasteiger partial charge in [0, 0.05) is 17.6 Å². The lowest BCUT2D eigenvalue weighted by atomic mass is 10.5. The van der Waals surface area contributed by atoms with Gasteiger partial charge in [-0.25, -0.2) is 22.2 Å². The highest BCUT2D eigenvalue weighted by Gasteiger charge is 2.22. The summed E-state index contributed by atoms with van der Waals surface area (Å²) in [5, 5.41) is 3.46. The van der Waals surface area contributed by atoms with Gasteiger partial charge in [0.15, 0.2) is 0 Å². The van der Waals surface area contributed by atoms with Crippen molar-refractivity contribution in [1.29, 1.82) is 0 Å². The molecule has 1 N–H and O–H groups in total. The summed E-state index contributed by atoms with van der Waals surface area (Å²) in [5.74, 6) is 0. The van der Waals surface area contributed by atoms with E-state index in [4.69, 9.17) is 0 Å². The third-order valence-corrected chi connectivity index (χ3v) is 4.54. The number of hydrogen-bond acceptors (Lipinski definition) is 5. The first-order chi connectivity index (χ1) is 8.90. The van der Waals surface area contributed by atoms with Gasteiger partial charge in [0.25, 0.3) is 0 Å². The van der Waals surface area contributed by atoms with Crippen LogP contribution in [0.4, 0.5) is 8.78 Å². The standard InChI is InChI=1S/C9H10F2N4O2S2/c1-6-8(5-15(14-6)9(10)11)19(16,17)13-4-7-2-3-12-18-7/h2-3,5,9,13H,4H2,1H3. The van der Waals surface area contributed by atoms with Crippen LogP contribution in [0.1, 0.15) is 17.1 Å². The quantitative estimate of drug-likeness (QED) is 0.908. The molecule has 0 atom stereocenters.